The summed E-state index contributed by atoms with van der Waals surface area (Å²) in [5, 5.41) is 3.71. The maximum absolute atomic E-state index is 5.55. The van der Waals surface area contributed by atoms with E-state index in [9.17, 15) is 0 Å². The van der Waals surface area contributed by atoms with E-state index in [1.54, 1.807) is 6.26 Å². The Morgan fingerprint density at radius 2 is 2.11 bits per heavy atom. The van der Waals surface area contributed by atoms with E-state index in [4.69, 9.17) is 4.42 Å². The van der Waals surface area contributed by atoms with Gasteiger partial charge in [-0.3, -0.25) is 4.90 Å². The van der Waals surface area contributed by atoms with Crippen molar-refractivity contribution in [2.75, 3.05) is 6.54 Å². The van der Waals surface area contributed by atoms with Gasteiger partial charge in [0.25, 0.3) is 0 Å². The molecule has 2 unspecified atom stereocenters. The number of halogens is 1. The normalized spacial score (nSPS) is 31.2. The van der Waals surface area contributed by atoms with E-state index in [1.165, 1.54) is 25.7 Å². The van der Waals surface area contributed by atoms with Gasteiger partial charge in [0.1, 0.15) is 5.76 Å². The fourth-order valence-corrected chi connectivity index (χ4v) is 3.77. The van der Waals surface area contributed by atoms with Crippen molar-refractivity contribution in [1.82, 2.24) is 10.2 Å². The van der Waals surface area contributed by atoms with Crippen molar-refractivity contribution in [3.63, 3.8) is 0 Å². The first kappa shape index (κ1) is 12.7. The molecule has 3 nitrogen and oxygen atoms in total. The third kappa shape index (κ3) is 2.51. The van der Waals surface area contributed by atoms with Crippen LogP contribution in [0.3, 0.4) is 0 Å². The van der Waals surface area contributed by atoms with Crippen LogP contribution in [-0.2, 0) is 6.54 Å². The summed E-state index contributed by atoms with van der Waals surface area (Å²) in [4.78, 5) is 2.57. The molecule has 3 heterocycles. The lowest BCUT2D eigenvalue weighted by Crippen LogP contribution is -2.47. The summed E-state index contributed by atoms with van der Waals surface area (Å²) in [6.45, 7) is 4.27. The monoisotopic (exact) mass is 312 g/mol. The van der Waals surface area contributed by atoms with Crippen molar-refractivity contribution < 1.29 is 4.42 Å². The molecule has 4 heteroatoms. The van der Waals surface area contributed by atoms with Crippen molar-refractivity contribution in [1.29, 1.82) is 0 Å². The van der Waals surface area contributed by atoms with Crippen molar-refractivity contribution in [2.45, 2.75) is 57.3 Å². The van der Waals surface area contributed by atoms with Crippen molar-refractivity contribution in [3.8, 4) is 0 Å². The summed E-state index contributed by atoms with van der Waals surface area (Å²) in [7, 11) is 0. The molecule has 2 bridgehead atoms. The Labute approximate surface area is 117 Å². The molecule has 2 fully saturated rings. The van der Waals surface area contributed by atoms with Gasteiger partial charge in [0, 0.05) is 18.1 Å². The Kier molecular flexibility index (Phi) is 3.78. The minimum absolute atomic E-state index is 0.714. The first-order chi connectivity index (χ1) is 8.76. The van der Waals surface area contributed by atoms with E-state index in [2.05, 4.69) is 33.1 Å². The van der Waals surface area contributed by atoms with Crippen molar-refractivity contribution >= 4 is 15.9 Å². The van der Waals surface area contributed by atoms with Crippen LogP contribution in [0.15, 0.2) is 21.2 Å². The van der Waals surface area contributed by atoms with Crippen LogP contribution in [0.4, 0.5) is 0 Å². The maximum Gasteiger partial charge on any atom is 0.131 e. The molecule has 3 rings (SSSR count). The second-order valence-corrected chi connectivity index (χ2v) is 6.37. The van der Waals surface area contributed by atoms with Crippen LogP contribution in [0.25, 0.3) is 0 Å². The van der Waals surface area contributed by atoms with Gasteiger partial charge in [-0.05, 0) is 54.2 Å². The van der Waals surface area contributed by atoms with Crippen LogP contribution in [0.5, 0.6) is 0 Å². The van der Waals surface area contributed by atoms with E-state index < -0.39 is 0 Å². The number of hydrogen-bond donors (Lipinski definition) is 1. The average molecular weight is 313 g/mol. The van der Waals surface area contributed by atoms with Gasteiger partial charge in [-0.1, -0.05) is 6.92 Å². The molecule has 1 N–H and O–H groups in total. The van der Waals surface area contributed by atoms with Crippen LogP contribution in [0.1, 0.15) is 38.4 Å². The predicted molar refractivity (Wildman–Crippen MR) is 75.5 cm³/mol. The summed E-state index contributed by atoms with van der Waals surface area (Å²) in [5.41, 5.74) is 0. The van der Waals surface area contributed by atoms with Gasteiger partial charge in [-0.2, -0.15) is 0 Å². The Morgan fingerprint density at radius 1 is 1.39 bits per heavy atom. The van der Waals surface area contributed by atoms with Gasteiger partial charge in [0.05, 0.1) is 17.3 Å². The van der Waals surface area contributed by atoms with Gasteiger partial charge < -0.3 is 9.73 Å². The van der Waals surface area contributed by atoms with E-state index >= 15 is 0 Å². The summed E-state index contributed by atoms with van der Waals surface area (Å²) in [5.74, 6) is 1.06. The zero-order chi connectivity index (χ0) is 12.5. The number of fused-ring (bicyclic) bond motifs is 2. The quantitative estimate of drug-likeness (QED) is 0.926. The molecular formula is C14H21BrN2O. The lowest BCUT2D eigenvalue weighted by Gasteiger charge is -2.36. The third-order valence-electron chi connectivity index (χ3n) is 4.41. The topological polar surface area (TPSA) is 28.4 Å². The number of piperidine rings is 1. The van der Waals surface area contributed by atoms with Crippen LogP contribution >= 0.6 is 15.9 Å². The summed E-state index contributed by atoms with van der Waals surface area (Å²) < 4.78 is 6.65. The highest BCUT2D eigenvalue weighted by atomic mass is 79.9. The number of rotatable bonds is 4. The van der Waals surface area contributed by atoms with Gasteiger partial charge in [0.15, 0.2) is 0 Å². The van der Waals surface area contributed by atoms with Crippen LogP contribution in [0.2, 0.25) is 0 Å². The molecular weight excluding hydrogens is 292 g/mol. The molecule has 100 valence electrons. The minimum atomic E-state index is 0.714. The van der Waals surface area contributed by atoms with Crippen molar-refractivity contribution in [3.05, 3.63) is 22.6 Å². The number of nitrogens with zero attached hydrogens (tertiary/aromatic N) is 1. The first-order valence-corrected chi connectivity index (χ1v) is 7.77. The minimum Gasteiger partial charge on any atom is -0.467 e. The second kappa shape index (κ2) is 5.35. The Hall–Kier alpha value is -0.320. The zero-order valence-corrected chi connectivity index (χ0v) is 12.4. The molecule has 0 saturated carbocycles. The van der Waals surface area contributed by atoms with Gasteiger partial charge in [-0.15, -0.1) is 0 Å². The summed E-state index contributed by atoms with van der Waals surface area (Å²) in [6, 6.07) is 4.20. The molecule has 0 aromatic carbocycles. The molecule has 1 aromatic heterocycles. The molecule has 0 amide bonds. The molecule has 2 aliphatic heterocycles. The fourth-order valence-electron chi connectivity index (χ4n) is 3.45. The zero-order valence-electron chi connectivity index (χ0n) is 10.9. The highest BCUT2D eigenvalue weighted by Crippen LogP contribution is 2.31. The SMILES string of the molecule is CCN(Cc1occc1Br)C1CC2CCC(C1)N2. The largest absolute Gasteiger partial charge is 0.467 e. The first-order valence-electron chi connectivity index (χ1n) is 6.98. The third-order valence-corrected chi connectivity index (χ3v) is 5.12. The highest BCUT2D eigenvalue weighted by molar-refractivity contribution is 9.10. The molecule has 18 heavy (non-hydrogen) atoms. The molecule has 0 aliphatic carbocycles. The maximum atomic E-state index is 5.55. The fraction of sp³-hybridized carbons (Fsp3) is 0.714. The van der Waals surface area contributed by atoms with E-state index in [1.807, 2.05) is 6.07 Å². The molecule has 0 spiro atoms. The van der Waals surface area contributed by atoms with Crippen LogP contribution in [0, 0.1) is 0 Å². The van der Waals surface area contributed by atoms with E-state index in [-0.39, 0.29) is 0 Å². The van der Waals surface area contributed by atoms with Gasteiger partial charge in [-0.25, -0.2) is 0 Å². The molecule has 2 saturated heterocycles. The Bertz CT molecular complexity index is 394. The van der Waals surface area contributed by atoms with E-state index in [0.717, 1.165) is 35.4 Å². The number of hydrogen-bond acceptors (Lipinski definition) is 3. The standard InChI is InChI=1S/C14H21BrN2O/c1-2-17(9-14-13(15)5-6-18-14)12-7-10-3-4-11(8-12)16-10/h5-6,10-12,16H,2-4,7-9H2,1H3. The molecule has 2 aliphatic rings. The van der Waals surface area contributed by atoms with Crippen LogP contribution < -0.4 is 5.32 Å². The van der Waals surface area contributed by atoms with E-state index in [0.29, 0.717) is 6.04 Å². The lowest BCUT2D eigenvalue weighted by molar-refractivity contribution is 0.131. The highest BCUT2D eigenvalue weighted by Gasteiger charge is 2.35. The van der Waals surface area contributed by atoms with Crippen LogP contribution in [-0.4, -0.2) is 29.6 Å². The lowest BCUT2D eigenvalue weighted by atomic mass is 9.98. The average Bonchev–Trinajstić information content (AvgIpc) is 2.92. The number of furan rings is 1. The summed E-state index contributed by atoms with van der Waals surface area (Å²) >= 11 is 3.55. The van der Waals surface area contributed by atoms with Gasteiger partial charge >= 0.3 is 0 Å². The Balaban J connectivity index is 1.67. The predicted octanol–water partition coefficient (Wildman–Crippen LogP) is 3.15. The number of nitrogens with one attached hydrogen (secondary N) is 1. The Morgan fingerprint density at radius 3 is 2.67 bits per heavy atom. The molecule has 1 aromatic rings. The summed E-state index contributed by atoms with van der Waals surface area (Å²) in [6.07, 6.45) is 7.08. The second-order valence-electron chi connectivity index (χ2n) is 5.52. The molecule has 2 atom stereocenters. The van der Waals surface area contributed by atoms with Crippen molar-refractivity contribution in [2.24, 2.45) is 0 Å². The van der Waals surface area contributed by atoms with Gasteiger partial charge in [0.2, 0.25) is 0 Å². The molecule has 0 radical (unpaired) electrons. The smallest absolute Gasteiger partial charge is 0.131 e.